The molecule has 0 bridgehead atoms. The van der Waals surface area contributed by atoms with Crippen molar-refractivity contribution < 1.29 is 9.59 Å². The summed E-state index contributed by atoms with van der Waals surface area (Å²) >= 11 is 0. The first-order valence-electron chi connectivity index (χ1n) is 6.27. The number of nitrogens with one attached hydrogen (secondary N) is 2. The van der Waals surface area contributed by atoms with E-state index < -0.39 is 0 Å². The predicted molar refractivity (Wildman–Crippen MR) is 71.9 cm³/mol. The van der Waals surface area contributed by atoms with Crippen molar-refractivity contribution in [1.29, 1.82) is 0 Å². The lowest BCUT2D eigenvalue weighted by molar-refractivity contribution is -0.122. The molecule has 2 N–H and O–H groups in total. The van der Waals surface area contributed by atoms with Gasteiger partial charge in [0.1, 0.15) is 5.69 Å². The van der Waals surface area contributed by atoms with Gasteiger partial charge in [-0.15, -0.1) is 0 Å². The smallest absolute Gasteiger partial charge is 0.272 e. The van der Waals surface area contributed by atoms with Gasteiger partial charge in [-0.1, -0.05) is 0 Å². The van der Waals surface area contributed by atoms with Crippen LogP contribution in [0.1, 0.15) is 23.3 Å². The third-order valence-electron chi connectivity index (χ3n) is 3.02. The highest BCUT2D eigenvalue weighted by molar-refractivity contribution is 5.92. The van der Waals surface area contributed by atoms with Gasteiger partial charge in [0, 0.05) is 45.0 Å². The van der Waals surface area contributed by atoms with Crippen LogP contribution < -0.4 is 10.6 Å². The van der Waals surface area contributed by atoms with Crippen LogP contribution in [0.4, 0.5) is 5.69 Å². The van der Waals surface area contributed by atoms with Gasteiger partial charge in [-0.2, -0.15) is 0 Å². The van der Waals surface area contributed by atoms with Crippen LogP contribution in [0.15, 0.2) is 18.3 Å². The number of rotatable bonds is 3. The van der Waals surface area contributed by atoms with Crippen molar-refractivity contribution in [2.24, 2.45) is 0 Å². The highest BCUT2D eigenvalue weighted by atomic mass is 16.2. The Hall–Kier alpha value is -2.11. The molecule has 1 saturated heterocycles. The first kappa shape index (κ1) is 13.3. The Bertz CT molecular complexity index is 477. The average molecular weight is 262 g/mol. The molecule has 6 heteroatoms. The SMILES string of the molecule is CN(C)C(=O)c1cc(NC2CCC(=O)NC2)ccn1. The third kappa shape index (κ3) is 3.43. The number of amides is 2. The maximum Gasteiger partial charge on any atom is 0.272 e. The van der Waals surface area contributed by atoms with Crippen LogP contribution in [0.25, 0.3) is 0 Å². The van der Waals surface area contributed by atoms with Crippen molar-refractivity contribution in [2.75, 3.05) is 26.0 Å². The number of pyridine rings is 1. The van der Waals surface area contributed by atoms with Crippen molar-refractivity contribution in [3.05, 3.63) is 24.0 Å². The Balaban J connectivity index is 2.03. The number of nitrogens with zero attached hydrogens (tertiary/aromatic N) is 2. The van der Waals surface area contributed by atoms with E-state index in [2.05, 4.69) is 15.6 Å². The minimum atomic E-state index is -0.124. The van der Waals surface area contributed by atoms with Gasteiger partial charge in [0.05, 0.1) is 0 Å². The highest BCUT2D eigenvalue weighted by Crippen LogP contribution is 2.14. The summed E-state index contributed by atoms with van der Waals surface area (Å²) in [6.07, 6.45) is 2.94. The summed E-state index contributed by atoms with van der Waals surface area (Å²) in [4.78, 5) is 28.4. The number of aromatic nitrogens is 1. The standard InChI is InChI=1S/C13H18N4O2/c1-17(2)13(19)11-7-9(5-6-14-11)16-10-3-4-12(18)15-8-10/h5-7,10H,3-4,8H2,1-2H3,(H,14,16)(H,15,18). The maximum atomic E-state index is 11.8. The van der Waals surface area contributed by atoms with Crippen LogP contribution in [0.2, 0.25) is 0 Å². The van der Waals surface area contributed by atoms with Gasteiger partial charge in [0.2, 0.25) is 5.91 Å². The molecule has 1 aromatic rings. The van der Waals surface area contributed by atoms with Gasteiger partial charge in [0.25, 0.3) is 5.91 Å². The summed E-state index contributed by atoms with van der Waals surface area (Å²) in [5, 5.41) is 6.13. The van der Waals surface area contributed by atoms with E-state index in [0.717, 1.165) is 12.1 Å². The Kier molecular flexibility index (Phi) is 3.99. The number of piperidine rings is 1. The third-order valence-corrected chi connectivity index (χ3v) is 3.02. The van der Waals surface area contributed by atoms with Gasteiger partial charge in [0.15, 0.2) is 0 Å². The molecule has 1 unspecified atom stereocenters. The van der Waals surface area contributed by atoms with Crippen molar-refractivity contribution in [2.45, 2.75) is 18.9 Å². The van der Waals surface area contributed by atoms with E-state index in [1.807, 2.05) is 6.07 Å². The van der Waals surface area contributed by atoms with Gasteiger partial charge in [-0.3, -0.25) is 14.6 Å². The lowest BCUT2D eigenvalue weighted by atomic mass is 10.1. The predicted octanol–water partition coefficient (Wildman–Crippen LogP) is 0.474. The fourth-order valence-electron chi connectivity index (χ4n) is 1.96. The minimum Gasteiger partial charge on any atom is -0.380 e. The fraction of sp³-hybridized carbons (Fsp3) is 0.462. The first-order chi connectivity index (χ1) is 9.06. The van der Waals surface area contributed by atoms with Gasteiger partial charge in [-0.25, -0.2) is 0 Å². The number of hydrogen-bond donors (Lipinski definition) is 2. The van der Waals surface area contributed by atoms with Crippen LogP contribution in [0, 0.1) is 0 Å². The largest absolute Gasteiger partial charge is 0.380 e. The zero-order valence-electron chi connectivity index (χ0n) is 11.1. The van der Waals surface area contributed by atoms with E-state index in [9.17, 15) is 9.59 Å². The van der Waals surface area contributed by atoms with Gasteiger partial charge in [-0.05, 0) is 18.6 Å². The molecule has 0 aliphatic carbocycles. The lowest BCUT2D eigenvalue weighted by Crippen LogP contribution is -2.41. The molecule has 102 valence electrons. The van der Waals surface area contributed by atoms with Crippen LogP contribution in [-0.4, -0.2) is 48.4 Å². The highest BCUT2D eigenvalue weighted by Gasteiger charge is 2.18. The summed E-state index contributed by atoms with van der Waals surface area (Å²) < 4.78 is 0. The molecule has 2 heterocycles. The Morgan fingerprint density at radius 2 is 2.32 bits per heavy atom. The second-order valence-corrected chi connectivity index (χ2v) is 4.81. The van der Waals surface area contributed by atoms with Crippen molar-refractivity contribution in [1.82, 2.24) is 15.2 Å². The molecule has 2 amide bonds. The van der Waals surface area contributed by atoms with E-state index >= 15 is 0 Å². The van der Waals surface area contributed by atoms with E-state index in [-0.39, 0.29) is 17.9 Å². The molecule has 6 nitrogen and oxygen atoms in total. The molecule has 0 saturated carbocycles. The molecule has 0 radical (unpaired) electrons. The van der Waals surface area contributed by atoms with Gasteiger partial charge < -0.3 is 15.5 Å². The average Bonchev–Trinajstić information content (AvgIpc) is 2.41. The normalized spacial score (nSPS) is 18.6. The number of hydrogen-bond acceptors (Lipinski definition) is 4. The Labute approximate surface area is 112 Å². The summed E-state index contributed by atoms with van der Waals surface area (Å²) in [6, 6.07) is 3.75. The van der Waals surface area contributed by atoms with E-state index in [1.165, 1.54) is 4.90 Å². The molecule has 1 fully saturated rings. The topological polar surface area (TPSA) is 74.3 Å². The number of anilines is 1. The molecule has 0 aromatic carbocycles. The van der Waals surface area contributed by atoms with Crippen LogP contribution in [-0.2, 0) is 4.79 Å². The van der Waals surface area contributed by atoms with Crippen molar-refractivity contribution in [3.63, 3.8) is 0 Å². The van der Waals surface area contributed by atoms with Crippen LogP contribution >= 0.6 is 0 Å². The van der Waals surface area contributed by atoms with Crippen molar-refractivity contribution >= 4 is 17.5 Å². The second-order valence-electron chi connectivity index (χ2n) is 4.81. The molecule has 19 heavy (non-hydrogen) atoms. The Morgan fingerprint density at radius 1 is 1.53 bits per heavy atom. The first-order valence-corrected chi connectivity index (χ1v) is 6.27. The molecule has 0 spiro atoms. The number of carbonyl (C=O) groups is 2. The molecule has 2 rings (SSSR count). The molecular formula is C13H18N4O2. The lowest BCUT2D eigenvalue weighted by Gasteiger charge is -2.24. The van der Waals surface area contributed by atoms with Crippen LogP contribution in [0.3, 0.4) is 0 Å². The summed E-state index contributed by atoms with van der Waals surface area (Å²) in [6.45, 7) is 0.609. The quantitative estimate of drug-likeness (QED) is 0.830. The van der Waals surface area contributed by atoms with Crippen molar-refractivity contribution in [3.8, 4) is 0 Å². The van der Waals surface area contributed by atoms with E-state index in [1.54, 1.807) is 26.4 Å². The van der Waals surface area contributed by atoms with E-state index in [0.29, 0.717) is 18.7 Å². The zero-order valence-corrected chi connectivity index (χ0v) is 11.1. The van der Waals surface area contributed by atoms with E-state index in [4.69, 9.17) is 0 Å². The monoisotopic (exact) mass is 262 g/mol. The fourth-order valence-corrected chi connectivity index (χ4v) is 1.96. The zero-order chi connectivity index (χ0) is 13.8. The summed E-state index contributed by atoms with van der Waals surface area (Å²) in [7, 11) is 3.39. The molecule has 1 aliphatic heterocycles. The Morgan fingerprint density at radius 3 is 2.95 bits per heavy atom. The summed E-state index contributed by atoms with van der Waals surface area (Å²) in [5.41, 5.74) is 1.26. The second kappa shape index (κ2) is 5.69. The maximum absolute atomic E-state index is 11.8. The minimum absolute atomic E-state index is 0.0938. The number of carbonyl (C=O) groups excluding carboxylic acids is 2. The summed E-state index contributed by atoms with van der Waals surface area (Å²) in [5.74, 6) is -0.0307. The molecule has 1 atom stereocenters. The molecule has 1 aliphatic rings. The molecule has 1 aromatic heterocycles. The van der Waals surface area contributed by atoms with Crippen LogP contribution in [0.5, 0.6) is 0 Å². The van der Waals surface area contributed by atoms with Gasteiger partial charge >= 0.3 is 0 Å². The molecular weight excluding hydrogens is 244 g/mol.